The number of fused-ring (bicyclic) bond motifs is 1. The molecule has 0 aromatic heterocycles. The first-order valence-electron chi connectivity index (χ1n) is 6.90. The summed E-state index contributed by atoms with van der Waals surface area (Å²) in [6.45, 7) is 1.22. The number of nitrogens with one attached hydrogen (secondary N) is 1. The van der Waals surface area contributed by atoms with Crippen molar-refractivity contribution >= 4 is 11.6 Å². The molecule has 0 spiro atoms. The van der Waals surface area contributed by atoms with Crippen molar-refractivity contribution in [2.75, 3.05) is 18.5 Å². The summed E-state index contributed by atoms with van der Waals surface area (Å²) in [6.07, 6.45) is 0.351. The molecule has 0 amide bonds. The topological polar surface area (TPSA) is 68.9 Å². The van der Waals surface area contributed by atoms with Crippen molar-refractivity contribution < 1.29 is 18.3 Å². The molecule has 3 N–H and O–H groups in total. The molecule has 1 aliphatic carbocycles. The summed E-state index contributed by atoms with van der Waals surface area (Å²) in [5.74, 6) is -1.14. The van der Waals surface area contributed by atoms with Crippen LogP contribution in [0.2, 0.25) is 0 Å². The standard InChI is InChI=1S/C14H17F2N3O2/c15-14(16)7-10(8-14)19-13(17)18-9-2-3-11-12(6-9)21-5-1-4-20-11/h2-3,6,10H,1,4-5,7-8H2,(H3,17,18,19). The van der Waals surface area contributed by atoms with Crippen molar-refractivity contribution in [2.24, 2.45) is 10.7 Å². The van der Waals surface area contributed by atoms with Gasteiger partial charge in [-0.05, 0) is 12.1 Å². The van der Waals surface area contributed by atoms with E-state index in [1.54, 1.807) is 18.2 Å². The number of hydrogen-bond donors (Lipinski definition) is 2. The van der Waals surface area contributed by atoms with Gasteiger partial charge in [0.05, 0.1) is 19.3 Å². The van der Waals surface area contributed by atoms with Crippen LogP contribution in [0.5, 0.6) is 11.5 Å². The maximum absolute atomic E-state index is 12.7. The van der Waals surface area contributed by atoms with Crippen LogP contribution in [0.1, 0.15) is 19.3 Å². The molecule has 1 aliphatic heterocycles. The first-order chi connectivity index (χ1) is 10.0. The van der Waals surface area contributed by atoms with Crippen molar-refractivity contribution in [3.05, 3.63) is 18.2 Å². The average Bonchev–Trinajstić information content (AvgIpc) is 2.61. The van der Waals surface area contributed by atoms with Crippen molar-refractivity contribution in [2.45, 2.75) is 31.2 Å². The zero-order valence-corrected chi connectivity index (χ0v) is 11.4. The Bertz CT molecular complexity index is 555. The lowest BCUT2D eigenvalue weighted by atomic mass is 9.89. The maximum atomic E-state index is 12.7. The second-order valence-corrected chi connectivity index (χ2v) is 5.27. The molecule has 0 unspecified atom stereocenters. The lowest BCUT2D eigenvalue weighted by Gasteiger charge is -2.32. The smallest absolute Gasteiger partial charge is 0.252 e. The van der Waals surface area contributed by atoms with E-state index in [9.17, 15) is 8.78 Å². The van der Waals surface area contributed by atoms with E-state index in [4.69, 9.17) is 15.2 Å². The molecule has 3 rings (SSSR count). The number of guanidine groups is 1. The van der Waals surface area contributed by atoms with Gasteiger partial charge in [-0.1, -0.05) is 0 Å². The van der Waals surface area contributed by atoms with E-state index in [0.717, 1.165) is 6.42 Å². The van der Waals surface area contributed by atoms with Crippen molar-refractivity contribution in [3.8, 4) is 11.5 Å². The fraction of sp³-hybridized carbons (Fsp3) is 0.500. The Labute approximate surface area is 121 Å². The molecule has 2 aliphatic rings. The molecular formula is C14H17F2N3O2. The van der Waals surface area contributed by atoms with Gasteiger partial charge in [-0.25, -0.2) is 13.8 Å². The highest BCUT2D eigenvalue weighted by Gasteiger charge is 2.45. The molecule has 5 nitrogen and oxygen atoms in total. The van der Waals surface area contributed by atoms with Crippen LogP contribution in [0, 0.1) is 0 Å². The first kappa shape index (κ1) is 13.9. The van der Waals surface area contributed by atoms with Gasteiger partial charge in [0.15, 0.2) is 17.5 Å². The molecule has 0 atom stereocenters. The van der Waals surface area contributed by atoms with Gasteiger partial charge in [-0.2, -0.15) is 0 Å². The Morgan fingerprint density at radius 1 is 1.24 bits per heavy atom. The molecule has 1 heterocycles. The van der Waals surface area contributed by atoms with Crippen LogP contribution in [0.4, 0.5) is 14.5 Å². The predicted molar refractivity (Wildman–Crippen MR) is 75.3 cm³/mol. The monoisotopic (exact) mass is 297 g/mol. The van der Waals surface area contributed by atoms with E-state index in [0.29, 0.717) is 30.4 Å². The van der Waals surface area contributed by atoms with E-state index in [1.165, 1.54) is 0 Å². The molecule has 1 fully saturated rings. The molecule has 1 aromatic carbocycles. The molecule has 114 valence electrons. The SMILES string of the molecule is NC(=NC1CC(F)(F)C1)Nc1ccc2c(c1)OCCCO2. The van der Waals surface area contributed by atoms with E-state index in [1.807, 2.05) is 0 Å². The van der Waals surface area contributed by atoms with Gasteiger partial charge in [0.2, 0.25) is 0 Å². The lowest BCUT2D eigenvalue weighted by Crippen LogP contribution is -2.40. The number of hydrogen-bond acceptors (Lipinski definition) is 3. The number of benzene rings is 1. The minimum atomic E-state index is -2.59. The number of halogens is 2. The predicted octanol–water partition coefficient (Wildman–Crippen LogP) is 2.37. The third-order valence-corrected chi connectivity index (χ3v) is 3.41. The van der Waals surface area contributed by atoms with Crippen molar-refractivity contribution in [1.82, 2.24) is 0 Å². The van der Waals surface area contributed by atoms with Gasteiger partial charge >= 0.3 is 0 Å². The zero-order valence-electron chi connectivity index (χ0n) is 11.4. The van der Waals surface area contributed by atoms with Gasteiger partial charge in [-0.15, -0.1) is 0 Å². The zero-order chi connectivity index (χ0) is 14.9. The molecule has 0 bridgehead atoms. The Hall–Kier alpha value is -2.05. The molecular weight excluding hydrogens is 280 g/mol. The number of alkyl halides is 2. The van der Waals surface area contributed by atoms with Crippen LogP contribution in [0.15, 0.2) is 23.2 Å². The maximum Gasteiger partial charge on any atom is 0.252 e. The summed E-state index contributed by atoms with van der Waals surface area (Å²) >= 11 is 0. The Morgan fingerprint density at radius 3 is 2.67 bits per heavy atom. The second kappa shape index (κ2) is 5.38. The van der Waals surface area contributed by atoms with Crippen LogP contribution < -0.4 is 20.5 Å². The molecule has 0 saturated heterocycles. The highest BCUT2D eigenvalue weighted by molar-refractivity contribution is 5.92. The normalized spacial score (nSPS) is 21.3. The summed E-state index contributed by atoms with van der Waals surface area (Å²) in [5, 5.41) is 2.89. The molecule has 7 heteroatoms. The molecule has 1 saturated carbocycles. The van der Waals surface area contributed by atoms with Gasteiger partial charge in [-0.3, -0.25) is 0 Å². The van der Waals surface area contributed by atoms with E-state index < -0.39 is 12.0 Å². The summed E-state index contributed by atoms with van der Waals surface area (Å²) in [5.41, 5.74) is 6.42. The van der Waals surface area contributed by atoms with Crippen LogP contribution in [-0.4, -0.2) is 31.1 Å². The fourth-order valence-corrected chi connectivity index (χ4v) is 2.34. The summed E-state index contributed by atoms with van der Waals surface area (Å²) < 4.78 is 36.6. The molecule has 1 aromatic rings. The number of rotatable bonds is 2. The number of nitrogens with two attached hydrogens (primary N) is 1. The summed E-state index contributed by atoms with van der Waals surface area (Å²) in [6, 6.07) is 4.92. The quantitative estimate of drug-likeness (QED) is 0.649. The van der Waals surface area contributed by atoms with Gasteiger partial charge in [0.1, 0.15) is 0 Å². The number of nitrogens with zero attached hydrogens (tertiary/aromatic N) is 1. The molecule has 21 heavy (non-hydrogen) atoms. The summed E-state index contributed by atoms with van der Waals surface area (Å²) in [7, 11) is 0. The van der Waals surface area contributed by atoms with Crippen LogP contribution in [0.25, 0.3) is 0 Å². The highest BCUT2D eigenvalue weighted by atomic mass is 19.3. The Kier molecular flexibility index (Phi) is 3.57. The van der Waals surface area contributed by atoms with Crippen LogP contribution in [0.3, 0.4) is 0 Å². The number of aliphatic imine (C=N–C) groups is 1. The largest absolute Gasteiger partial charge is 0.490 e. The third-order valence-electron chi connectivity index (χ3n) is 3.41. The van der Waals surface area contributed by atoms with Crippen LogP contribution >= 0.6 is 0 Å². The summed E-state index contributed by atoms with van der Waals surface area (Å²) in [4.78, 5) is 4.03. The average molecular weight is 297 g/mol. The minimum Gasteiger partial charge on any atom is -0.490 e. The first-order valence-corrected chi connectivity index (χ1v) is 6.90. The molecule has 0 radical (unpaired) electrons. The number of anilines is 1. The van der Waals surface area contributed by atoms with E-state index in [-0.39, 0.29) is 18.8 Å². The van der Waals surface area contributed by atoms with E-state index in [2.05, 4.69) is 10.3 Å². The van der Waals surface area contributed by atoms with Gasteiger partial charge < -0.3 is 20.5 Å². The Balaban J connectivity index is 1.65. The lowest BCUT2D eigenvalue weighted by molar-refractivity contribution is -0.0834. The highest BCUT2D eigenvalue weighted by Crippen LogP contribution is 2.39. The van der Waals surface area contributed by atoms with E-state index >= 15 is 0 Å². The third kappa shape index (κ3) is 3.34. The van der Waals surface area contributed by atoms with Crippen LogP contribution in [-0.2, 0) is 0 Å². The van der Waals surface area contributed by atoms with Crippen molar-refractivity contribution in [3.63, 3.8) is 0 Å². The minimum absolute atomic E-state index is 0.130. The van der Waals surface area contributed by atoms with Crippen molar-refractivity contribution in [1.29, 1.82) is 0 Å². The van der Waals surface area contributed by atoms with Gasteiger partial charge in [0.25, 0.3) is 5.92 Å². The Morgan fingerprint density at radius 2 is 1.95 bits per heavy atom. The second-order valence-electron chi connectivity index (χ2n) is 5.27. The number of ether oxygens (including phenoxy) is 2. The van der Waals surface area contributed by atoms with Gasteiger partial charge in [0, 0.05) is 31.0 Å². The fourth-order valence-electron chi connectivity index (χ4n) is 2.34.